The quantitative estimate of drug-likeness (QED) is 0.0281. The smallest absolute Gasteiger partial charge is 0.305 e. The molecule has 0 heterocycles. The summed E-state index contributed by atoms with van der Waals surface area (Å²) in [6.07, 6.45) is 15.7. The van der Waals surface area contributed by atoms with Gasteiger partial charge in [-0.1, -0.05) is 84.0 Å². The molecule has 44 heavy (non-hydrogen) atoms. The average molecular weight is 648 g/mol. The van der Waals surface area contributed by atoms with E-state index < -0.39 is 45.0 Å². The van der Waals surface area contributed by atoms with Crippen molar-refractivity contribution in [2.24, 2.45) is 0 Å². The van der Waals surface area contributed by atoms with E-state index in [1.165, 1.54) is 57.8 Å². The van der Waals surface area contributed by atoms with E-state index in [4.69, 9.17) is 13.8 Å². The van der Waals surface area contributed by atoms with Gasteiger partial charge in [-0.2, -0.15) is 0 Å². The van der Waals surface area contributed by atoms with Crippen LogP contribution in [0.25, 0.3) is 0 Å². The molecule has 1 N–H and O–H groups in total. The van der Waals surface area contributed by atoms with E-state index in [2.05, 4.69) is 6.92 Å². The number of hydrogen-bond donors (Lipinski definition) is 1. The second kappa shape index (κ2) is 25.4. The molecule has 3 atom stereocenters. The van der Waals surface area contributed by atoms with Gasteiger partial charge in [0.2, 0.25) is 0 Å². The molecule has 0 saturated heterocycles. The molecule has 0 aliphatic heterocycles. The number of ketones is 2. The van der Waals surface area contributed by atoms with Crippen LogP contribution in [0.5, 0.6) is 0 Å². The lowest BCUT2D eigenvalue weighted by molar-refractivity contribution is -0.872. The standard InChI is InChI=1S/C32H58NO10P/c1-5-6-7-8-9-10-11-12-13-14-15-16-17-23-32(38)41-26-29(36)27-42-44(39,40)43-31(25-33(2,3)4)30(37)22-18-20-28(35)21-19-24-34/h19,21,24,29,31,36H,5-18,20,22-23,25-27H2,1-4H3/t29-,31?/m1/s1. The van der Waals surface area contributed by atoms with Gasteiger partial charge in [0.25, 0.3) is 7.82 Å². The number of nitrogens with zero attached hydrogens (tertiary/aromatic N) is 1. The van der Waals surface area contributed by atoms with Crippen LogP contribution in [0.3, 0.4) is 0 Å². The molecule has 0 aromatic carbocycles. The molecular formula is C32H58NO10P. The Bertz CT molecular complexity index is 887. The first-order chi connectivity index (χ1) is 20.8. The number of phosphoric ester groups is 1. The van der Waals surface area contributed by atoms with Crippen molar-refractivity contribution < 1.29 is 52.0 Å². The molecule has 11 nitrogen and oxygen atoms in total. The Hall–Kier alpha value is -1.75. The number of ether oxygens (including phenoxy) is 1. The van der Waals surface area contributed by atoms with Crippen molar-refractivity contribution in [1.82, 2.24) is 0 Å². The van der Waals surface area contributed by atoms with Crippen LogP contribution in [0.2, 0.25) is 0 Å². The highest BCUT2D eigenvalue weighted by Crippen LogP contribution is 2.40. The number of unbranched alkanes of at least 4 members (excludes halogenated alkanes) is 12. The number of aliphatic hydroxyl groups is 1. The van der Waals surface area contributed by atoms with Crippen molar-refractivity contribution in [3.8, 4) is 0 Å². The summed E-state index contributed by atoms with van der Waals surface area (Å²) in [7, 11) is 0.264. The van der Waals surface area contributed by atoms with Crippen LogP contribution < -0.4 is 4.89 Å². The Morgan fingerprint density at radius 1 is 0.818 bits per heavy atom. The molecule has 12 heteroatoms. The van der Waals surface area contributed by atoms with Crippen LogP contribution in [0.15, 0.2) is 12.2 Å². The molecule has 0 amide bonds. The number of likely N-dealkylation sites (N-methyl/N-ethyl adjacent to an activating group) is 1. The van der Waals surface area contributed by atoms with Gasteiger partial charge in [-0.3, -0.25) is 23.7 Å². The van der Waals surface area contributed by atoms with Crippen LogP contribution in [-0.4, -0.2) is 86.5 Å². The van der Waals surface area contributed by atoms with Crippen LogP contribution in [0, 0.1) is 0 Å². The summed E-state index contributed by atoms with van der Waals surface area (Å²) in [5.41, 5.74) is 0. The summed E-state index contributed by atoms with van der Waals surface area (Å²) >= 11 is 0. The normalized spacial score (nSPS) is 14.7. The van der Waals surface area contributed by atoms with Crippen LogP contribution in [0.4, 0.5) is 0 Å². The largest absolute Gasteiger partial charge is 0.756 e. The fraction of sp³-hybridized carbons (Fsp3) is 0.812. The van der Waals surface area contributed by atoms with Crippen molar-refractivity contribution in [3.05, 3.63) is 12.2 Å². The Balaban J connectivity index is 4.26. The number of carbonyl (C=O) groups is 4. The summed E-state index contributed by atoms with van der Waals surface area (Å²) in [6.45, 7) is 1.13. The number of esters is 1. The lowest BCUT2D eigenvalue weighted by Crippen LogP contribution is -2.45. The fourth-order valence-electron chi connectivity index (χ4n) is 4.48. The van der Waals surface area contributed by atoms with Gasteiger partial charge >= 0.3 is 5.97 Å². The molecule has 0 spiro atoms. The molecule has 0 radical (unpaired) electrons. The van der Waals surface area contributed by atoms with Gasteiger partial charge in [0.15, 0.2) is 17.7 Å². The van der Waals surface area contributed by atoms with Gasteiger partial charge < -0.3 is 28.3 Å². The molecule has 0 rings (SSSR count). The zero-order valence-corrected chi connectivity index (χ0v) is 28.4. The van der Waals surface area contributed by atoms with Crippen LogP contribution in [0.1, 0.15) is 116 Å². The van der Waals surface area contributed by atoms with E-state index >= 15 is 0 Å². The molecule has 0 saturated carbocycles. The van der Waals surface area contributed by atoms with Crippen molar-refractivity contribution in [2.75, 3.05) is 40.9 Å². The Labute approximate surface area is 264 Å². The summed E-state index contributed by atoms with van der Waals surface area (Å²) in [6, 6.07) is 0. The molecule has 0 fully saturated rings. The van der Waals surface area contributed by atoms with Crippen LogP contribution >= 0.6 is 7.82 Å². The first-order valence-electron chi connectivity index (χ1n) is 16.2. The number of quaternary nitrogens is 1. The zero-order valence-electron chi connectivity index (χ0n) is 27.5. The predicted octanol–water partition coefficient (Wildman–Crippen LogP) is 5.01. The number of rotatable bonds is 30. The molecular weight excluding hydrogens is 589 g/mol. The van der Waals surface area contributed by atoms with Crippen molar-refractivity contribution in [2.45, 2.75) is 128 Å². The fourth-order valence-corrected chi connectivity index (χ4v) is 5.39. The number of aldehydes is 1. The van der Waals surface area contributed by atoms with E-state index in [9.17, 15) is 33.7 Å². The first kappa shape index (κ1) is 42.2. The van der Waals surface area contributed by atoms with Gasteiger partial charge in [0.05, 0.1) is 27.7 Å². The second-order valence-electron chi connectivity index (χ2n) is 12.4. The van der Waals surface area contributed by atoms with Crippen molar-refractivity contribution in [3.63, 3.8) is 0 Å². The maximum atomic E-state index is 12.7. The lowest BCUT2D eigenvalue weighted by atomic mass is 10.0. The number of phosphoric acid groups is 1. The zero-order chi connectivity index (χ0) is 33.3. The average Bonchev–Trinajstić information content (AvgIpc) is 2.95. The third kappa shape index (κ3) is 26.6. The second-order valence-corrected chi connectivity index (χ2v) is 13.8. The Morgan fingerprint density at radius 3 is 1.89 bits per heavy atom. The minimum Gasteiger partial charge on any atom is -0.756 e. The molecule has 0 bridgehead atoms. The Kier molecular flexibility index (Phi) is 24.4. The molecule has 0 aromatic heterocycles. The van der Waals surface area contributed by atoms with Gasteiger partial charge in [-0.05, 0) is 25.0 Å². The van der Waals surface area contributed by atoms with E-state index in [-0.39, 0.29) is 42.5 Å². The highest BCUT2D eigenvalue weighted by Gasteiger charge is 2.30. The van der Waals surface area contributed by atoms with Crippen molar-refractivity contribution >= 4 is 31.6 Å². The molecule has 0 aromatic rings. The third-order valence-electron chi connectivity index (χ3n) is 6.88. The van der Waals surface area contributed by atoms with E-state index in [0.29, 0.717) is 12.7 Å². The summed E-state index contributed by atoms with van der Waals surface area (Å²) in [5, 5.41) is 10.1. The number of allylic oxidation sites excluding steroid dienone is 2. The maximum Gasteiger partial charge on any atom is 0.305 e. The number of aliphatic hydroxyl groups excluding tert-OH is 1. The van der Waals surface area contributed by atoms with Crippen LogP contribution in [-0.2, 0) is 37.5 Å². The maximum absolute atomic E-state index is 12.7. The highest BCUT2D eigenvalue weighted by molar-refractivity contribution is 7.45. The SMILES string of the molecule is CCCCCCCCCCCCCCCC(=O)OC[C@@H](O)COP(=O)([O-])OC(C[N+](C)(C)C)C(=O)CCCC(=O)C=CC=O. The predicted molar refractivity (Wildman–Crippen MR) is 168 cm³/mol. The monoisotopic (exact) mass is 647 g/mol. The highest BCUT2D eigenvalue weighted by atomic mass is 31.2. The van der Waals surface area contributed by atoms with Gasteiger partial charge in [-0.15, -0.1) is 0 Å². The molecule has 0 aliphatic rings. The third-order valence-corrected chi connectivity index (χ3v) is 7.86. The van der Waals surface area contributed by atoms with E-state index in [1.807, 2.05) is 0 Å². The summed E-state index contributed by atoms with van der Waals surface area (Å²) < 4.78 is 27.5. The minimum atomic E-state index is -5.00. The van der Waals surface area contributed by atoms with Gasteiger partial charge in [0.1, 0.15) is 25.5 Å². The first-order valence-corrected chi connectivity index (χ1v) is 17.7. The molecule has 2 unspecified atom stereocenters. The number of carbonyl (C=O) groups excluding carboxylic acids is 4. The molecule has 256 valence electrons. The molecule has 0 aliphatic carbocycles. The summed E-state index contributed by atoms with van der Waals surface area (Å²) in [4.78, 5) is 59.1. The van der Waals surface area contributed by atoms with Crippen molar-refractivity contribution in [1.29, 1.82) is 0 Å². The van der Waals surface area contributed by atoms with E-state index in [1.54, 1.807) is 21.1 Å². The summed E-state index contributed by atoms with van der Waals surface area (Å²) in [5.74, 6) is -1.32. The number of hydrogen-bond acceptors (Lipinski definition) is 10. The minimum absolute atomic E-state index is 0.0168. The van der Waals surface area contributed by atoms with Gasteiger partial charge in [0, 0.05) is 19.3 Å². The Morgan fingerprint density at radius 2 is 1.36 bits per heavy atom. The van der Waals surface area contributed by atoms with E-state index in [0.717, 1.165) is 31.4 Å². The topological polar surface area (TPSA) is 156 Å². The lowest BCUT2D eigenvalue weighted by Gasteiger charge is -2.32. The van der Waals surface area contributed by atoms with Gasteiger partial charge in [-0.25, -0.2) is 0 Å². The number of Topliss-reactive ketones (excluding diaryl/α,β-unsaturated/α-hetero) is 1.